The number of benzene rings is 2. The number of carbonyl (C=O) groups excluding carboxylic acids is 2. The fourth-order valence-corrected chi connectivity index (χ4v) is 2.72. The number of hydrogen-bond donors (Lipinski definition) is 1. The summed E-state index contributed by atoms with van der Waals surface area (Å²) >= 11 is 0. The molecular formula is C23H25F3N2O3. The number of halogens is 3. The zero-order valence-electron chi connectivity index (χ0n) is 17.4. The number of allylic oxidation sites excluding steroid dienone is 1. The van der Waals surface area contributed by atoms with Gasteiger partial charge in [-0.05, 0) is 55.1 Å². The Bertz CT molecular complexity index is 888. The molecule has 0 saturated heterocycles. The predicted molar refractivity (Wildman–Crippen MR) is 114 cm³/mol. The summed E-state index contributed by atoms with van der Waals surface area (Å²) in [4.78, 5) is 26.6. The fourth-order valence-electron chi connectivity index (χ4n) is 2.72. The van der Waals surface area contributed by atoms with E-state index in [9.17, 15) is 22.8 Å². The topological polar surface area (TPSA) is 58.6 Å². The van der Waals surface area contributed by atoms with E-state index in [0.717, 1.165) is 19.2 Å². The lowest BCUT2D eigenvalue weighted by Crippen LogP contribution is -2.27. The predicted octanol–water partition coefficient (Wildman–Crippen LogP) is 5.01. The molecule has 8 heteroatoms. The normalized spacial score (nSPS) is 11.7. The van der Waals surface area contributed by atoms with Crippen molar-refractivity contribution in [2.24, 2.45) is 0 Å². The molecule has 0 saturated carbocycles. The molecule has 5 nitrogen and oxygen atoms in total. The molecule has 1 N–H and O–H groups in total. The van der Waals surface area contributed by atoms with Crippen LogP contribution in [0.3, 0.4) is 0 Å². The van der Waals surface area contributed by atoms with E-state index in [2.05, 4.69) is 10.2 Å². The van der Waals surface area contributed by atoms with Gasteiger partial charge in [-0.25, -0.2) is 4.79 Å². The summed E-state index contributed by atoms with van der Waals surface area (Å²) in [6.07, 6.45) is -3.32. The molecule has 0 aliphatic carbocycles. The van der Waals surface area contributed by atoms with Gasteiger partial charge in [-0.1, -0.05) is 32.1 Å². The Hall–Kier alpha value is -3.13. The van der Waals surface area contributed by atoms with Crippen LogP contribution in [0.1, 0.15) is 40.1 Å². The lowest BCUT2D eigenvalue weighted by molar-refractivity contribution is -0.0790. The monoisotopic (exact) mass is 434 g/mol. The molecule has 2 aromatic carbocycles. The van der Waals surface area contributed by atoms with Crippen molar-refractivity contribution >= 4 is 23.6 Å². The number of anilines is 1. The van der Waals surface area contributed by atoms with Gasteiger partial charge in [0.1, 0.15) is 6.61 Å². The maximum absolute atomic E-state index is 12.3. The van der Waals surface area contributed by atoms with Crippen molar-refractivity contribution in [3.05, 3.63) is 71.3 Å². The van der Waals surface area contributed by atoms with E-state index < -0.39 is 18.1 Å². The van der Waals surface area contributed by atoms with Crippen LogP contribution in [0, 0.1) is 0 Å². The molecule has 1 amide bonds. The Morgan fingerprint density at radius 3 is 2.10 bits per heavy atom. The molecule has 0 radical (unpaired) electrons. The van der Waals surface area contributed by atoms with Crippen molar-refractivity contribution in [3.63, 3.8) is 0 Å². The molecule has 0 bridgehead atoms. The van der Waals surface area contributed by atoms with Crippen LogP contribution in [0.25, 0.3) is 6.08 Å². The Morgan fingerprint density at radius 2 is 1.55 bits per heavy atom. The quantitative estimate of drug-likeness (QED) is 0.564. The number of nitrogens with zero attached hydrogens (tertiary/aromatic N) is 1. The number of likely N-dealkylation sites (N-methyl/N-ethyl adjacent to an activating group) is 1. The fraction of sp³-hybridized carbons (Fsp3) is 0.304. The van der Waals surface area contributed by atoms with Crippen molar-refractivity contribution in [2.45, 2.75) is 20.0 Å². The maximum atomic E-state index is 12.3. The maximum Gasteiger partial charge on any atom is 0.409 e. The number of amides is 1. The lowest BCUT2D eigenvalue weighted by Gasteiger charge is -2.17. The Kier molecular flexibility index (Phi) is 8.81. The molecule has 0 fully saturated rings. The molecule has 0 aromatic heterocycles. The molecule has 0 aliphatic rings. The SMILES string of the molecule is CCN(CC)CCOC(=O)c1ccc(NC(=O)c2ccc(/C=C/C(F)(F)F)cc2)cc1. The third-order valence-electron chi connectivity index (χ3n) is 4.55. The number of rotatable bonds is 9. The standard InChI is InChI=1S/C23H25F3N2O3/c1-3-28(4-2)15-16-31-22(30)19-9-11-20(12-10-19)27-21(29)18-7-5-17(6-8-18)13-14-23(24,25)26/h5-14H,3-4,15-16H2,1-2H3,(H,27,29)/b14-13+. The van der Waals surface area contributed by atoms with Gasteiger partial charge in [0.25, 0.3) is 5.91 Å². The van der Waals surface area contributed by atoms with Gasteiger partial charge >= 0.3 is 12.1 Å². The van der Waals surface area contributed by atoms with Crippen LogP contribution in [-0.2, 0) is 4.74 Å². The van der Waals surface area contributed by atoms with Crippen molar-refractivity contribution in [1.82, 2.24) is 4.90 Å². The van der Waals surface area contributed by atoms with Crippen LogP contribution >= 0.6 is 0 Å². The number of hydrogen-bond acceptors (Lipinski definition) is 4. The second-order valence-electron chi connectivity index (χ2n) is 6.69. The highest BCUT2D eigenvalue weighted by Crippen LogP contribution is 2.19. The molecule has 0 atom stereocenters. The van der Waals surface area contributed by atoms with E-state index in [1.54, 1.807) is 24.3 Å². The van der Waals surface area contributed by atoms with E-state index in [-0.39, 0.29) is 6.08 Å². The lowest BCUT2D eigenvalue weighted by atomic mass is 10.1. The number of alkyl halides is 3. The number of carbonyl (C=O) groups is 2. The van der Waals surface area contributed by atoms with Crippen LogP contribution in [0.15, 0.2) is 54.6 Å². The number of esters is 1. The summed E-state index contributed by atoms with van der Waals surface area (Å²) in [6, 6.07) is 12.0. The average Bonchev–Trinajstić information content (AvgIpc) is 2.75. The Balaban J connectivity index is 1.90. The van der Waals surface area contributed by atoms with Crippen LogP contribution < -0.4 is 5.32 Å². The first kappa shape index (κ1) is 24.1. The van der Waals surface area contributed by atoms with Gasteiger partial charge in [0.05, 0.1) is 5.56 Å². The van der Waals surface area contributed by atoms with E-state index in [4.69, 9.17) is 4.74 Å². The summed E-state index contributed by atoms with van der Waals surface area (Å²) in [5, 5.41) is 2.68. The van der Waals surface area contributed by atoms with Gasteiger partial charge in [-0.15, -0.1) is 0 Å². The minimum absolute atomic E-state index is 0.137. The molecule has 0 spiro atoms. The molecule has 166 valence electrons. The van der Waals surface area contributed by atoms with Gasteiger partial charge in [-0.3, -0.25) is 4.79 Å². The summed E-state index contributed by atoms with van der Waals surface area (Å²) < 4.78 is 41.9. The summed E-state index contributed by atoms with van der Waals surface area (Å²) in [5.41, 5.74) is 1.48. The molecule has 0 heterocycles. The zero-order chi connectivity index (χ0) is 22.9. The van der Waals surface area contributed by atoms with Crippen molar-refractivity contribution in [2.75, 3.05) is 31.6 Å². The van der Waals surface area contributed by atoms with E-state index in [1.807, 2.05) is 13.8 Å². The summed E-state index contributed by atoms with van der Waals surface area (Å²) in [5.74, 6) is -0.853. The first-order valence-electron chi connectivity index (χ1n) is 9.88. The molecule has 31 heavy (non-hydrogen) atoms. The van der Waals surface area contributed by atoms with E-state index in [0.29, 0.717) is 35.5 Å². The second-order valence-corrected chi connectivity index (χ2v) is 6.69. The zero-order valence-corrected chi connectivity index (χ0v) is 17.4. The Labute approximate surface area is 179 Å². The third kappa shape index (κ3) is 8.25. The van der Waals surface area contributed by atoms with Gasteiger partial charge in [0.2, 0.25) is 0 Å². The van der Waals surface area contributed by atoms with Crippen LogP contribution in [-0.4, -0.2) is 49.2 Å². The third-order valence-corrected chi connectivity index (χ3v) is 4.55. The first-order chi connectivity index (χ1) is 14.7. The Morgan fingerprint density at radius 1 is 0.968 bits per heavy atom. The van der Waals surface area contributed by atoms with Crippen molar-refractivity contribution in [3.8, 4) is 0 Å². The number of ether oxygens (including phenoxy) is 1. The van der Waals surface area contributed by atoms with Crippen LogP contribution in [0.4, 0.5) is 18.9 Å². The highest BCUT2D eigenvalue weighted by Gasteiger charge is 2.21. The molecule has 2 aromatic rings. The molecule has 0 unspecified atom stereocenters. The van der Waals surface area contributed by atoms with Crippen LogP contribution in [0.2, 0.25) is 0 Å². The minimum Gasteiger partial charge on any atom is -0.461 e. The first-order valence-corrected chi connectivity index (χ1v) is 9.88. The largest absolute Gasteiger partial charge is 0.461 e. The van der Waals surface area contributed by atoms with Crippen molar-refractivity contribution < 1.29 is 27.5 Å². The molecule has 0 aliphatic heterocycles. The van der Waals surface area contributed by atoms with Crippen LogP contribution in [0.5, 0.6) is 0 Å². The van der Waals surface area contributed by atoms with Gasteiger partial charge in [0, 0.05) is 23.9 Å². The average molecular weight is 434 g/mol. The van der Waals surface area contributed by atoms with Gasteiger partial charge in [0.15, 0.2) is 0 Å². The van der Waals surface area contributed by atoms with Crippen molar-refractivity contribution in [1.29, 1.82) is 0 Å². The number of nitrogens with one attached hydrogen (secondary N) is 1. The summed E-state index contributed by atoms with van der Waals surface area (Å²) in [7, 11) is 0. The second kappa shape index (κ2) is 11.3. The van der Waals surface area contributed by atoms with Gasteiger partial charge in [-0.2, -0.15) is 13.2 Å². The molecular weight excluding hydrogens is 409 g/mol. The minimum atomic E-state index is -4.39. The highest BCUT2D eigenvalue weighted by atomic mass is 19.4. The van der Waals surface area contributed by atoms with Gasteiger partial charge < -0.3 is 15.0 Å². The smallest absolute Gasteiger partial charge is 0.409 e. The molecule has 2 rings (SSSR count). The van der Waals surface area contributed by atoms with E-state index in [1.165, 1.54) is 24.3 Å². The highest BCUT2D eigenvalue weighted by molar-refractivity contribution is 6.04. The summed E-state index contributed by atoms with van der Waals surface area (Å²) in [6.45, 7) is 6.81. The van der Waals surface area contributed by atoms with E-state index >= 15 is 0 Å².